The molecule has 1 aromatic carbocycles. The highest BCUT2D eigenvalue weighted by Gasteiger charge is 2.31. The highest BCUT2D eigenvalue weighted by molar-refractivity contribution is 5.94. The van der Waals surface area contributed by atoms with E-state index in [0.29, 0.717) is 12.2 Å². The van der Waals surface area contributed by atoms with E-state index >= 15 is 0 Å². The van der Waals surface area contributed by atoms with Gasteiger partial charge in [-0.05, 0) is 56.2 Å². The smallest absolute Gasteiger partial charge is 0.254 e. The highest BCUT2D eigenvalue weighted by atomic mass is 16.5. The van der Waals surface area contributed by atoms with E-state index in [1.807, 2.05) is 65.1 Å². The molecule has 2 aliphatic rings. The van der Waals surface area contributed by atoms with Crippen LogP contribution in [-0.4, -0.2) is 76.2 Å². The van der Waals surface area contributed by atoms with Gasteiger partial charge in [0.1, 0.15) is 24.0 Å². The van der Waals surface area contributed by atoms with Crippen molar-refractivity contribution >= 4 is 5.91 Å². The first-order valence-electron chi connectivity index (χ1n) is 12.0. The number of aromatic nitrogens is 3. The lowest BCUT2D eigenvalue weighted by Crippen LogP contribution is -2.38. The number of hydrogen-bond donors (Lipinski definition) is 0. The predicted molar refractivity (Wildman–Crippen MR) is 128 cm³/mol. The second kappa shape index (κ2) is 10.4. The molecule has 2 fully saturated rings. The van der Waals surface area contributed by atoms with Crippen LogP contribution in [0.3, 0.4) is 0 Å². The maximum atomic E-state index is 13.4. The van der Waals surface area contributed by atoms with Gasteiger partial charge in [-0.15, -0.1) is 0 Å². The number of amides is 1. The average Bonchev–Trinajstić information content (AvgIpc) is 3.54. The van der Waals surface area contributed by atoms with E-state index in [0.717, 1.165) is 75.3 Å². The van der Waals surface area contributed by atoms with Gasteiger partial charge in [0.25, 0.3) is 5.91 Å². The SMILES string of the molecule is Cc1nccn1-c1cccc([C@@H]2CCCN2C(=O)c2ccc(OCCN3CCOCC3)cc2)n1. The molecule has 1 atom stereocenters. The third-order valence-electron chi connectivity index (χ3n) is 6.56. The molecule has 0 spiro atoms. The molecule has 2 aliphatic heterocycles. The summed E-state index contributed by atoms with van der Waals surface area (Å²) in [4.78, 5) is 26.8. The molecule has 34 heavy (non-hydrogen) atoms. The number of rotatable bonds is 7. The summed E-state index contributed by atoms with van der Waals surface area (Å²) < 4.78 is 13.2. The minimum absolute atomic E-state index is 0.0271. The first-order valence-corrected chi connectivity index (χ1v) is 12.0. The van der Waals surface area contributed by atoms with Crippen molar-refractivity contribution in [3.63, 3.8) is 0 Å². The fourth-order valence-corrected chi connectivity index (χ4v) is 4.67. The number of hydrogen-bond acceptors (Lipinski definition) is 6. The molecule has 3 aromatic rings. The van der Waals surface area contributed by atoms with Gasteiger partial charge in [0.15, 0.2) is 0 Å². The zero-order valence-electron chi connectivity index (χ0n) is 19.6. The van der Waals surface area contributed by atoms with Gasteiger partial charge in [-0.2, -0.15) is 0 Å². The van der Waals surface area contributed by atoms with Gasteiger partial charge in [-0.3, -0.25) is 14.3 Å². The molecule has 5 rings (SSSR count). The fourth-order valence-electron chi connectivity index (χ4n) is 4.67. The van der Waals surface area contributed by atoms with Gasteiger partial charge in [0.2, 0.25) is 0 Å². The molecule has 178 valence electrons. The van der Waals surface area contributed by atoms with Gasteiger partial charge >= 0.3 is 0 Å². The molecule has 1 amide bonds. The minimum Gasteiger partial charge on any atom is -0.492 e. The standard InChI is InChI=1S/C26H31N5O3/c1-20-27-11-13-30(20)25-6-2-4-23(28-25)24-5-3-12-31(24)26(32)21-7-9-22(10-8-21)34-19-16-29-14-17-33-18-15-29/h2,4,6-11,13,24H,3,5,12,14-19H2,1H3/t24-/m0/s1. The normalized spacial score (nSPS) is 18.9. The maximum Gasteiger partial charge on any atom is 0.254 e. The van der Waals surface area contributed by atoms with Crippen LogP contribution in [0.4, 0.5) is 0 Å². The number of benzene rings is 1. The molecule has 0 radical (unpaired) electrons. The molecule has 0 unspecified atom stereocenters. The summed E-state index contributed by atoms with van der Waals surface area (Å²) in [6, 6.07) is 13.5. The molecule has 0 N–H and O–H groups in total. The molecule has 0 saturated carbocycles. The number of aryl methyl sites for hydroxylation is 1. The molecule has 0 aliphatic carbocycles. The summed E-state index contributed by atoms with van der Waals surface area (Å²) in [5.74, 6) is 2.53. The quantitative estimate of drug-likeness (QED) is 0.538. The van der Waals surface area contributed by atoms with Gasteiger partial charge in [0, 0.05) is 44.1 Å². The Morgan fingerprint density at radius 1 is 1.12 bits per heavy atom. The number of nitrogens with zero attached hydrogens (tertiary/aromatic N) is 5. The summed E-state index contributed by atoms with van der Waals surface area (Å²) >= 11 is 0. The molecule has 4 heterocycles. The zero-order valence-corrected chi connectivity index (χ0v) is 19.6. The van der Waals surface area contributed by atoms with Crippen LogP contribution in [0.1, 0.15) is 40.8 Å². The third kappa shape index (κ3) is 4.98. The van der Waals surface area contributed by atoms with Crippen LogP contribution >= 0.6 is 0 Å². The maximum absolute atomic E-state index is 13.4. The number of pyridine rings is 1. The van der Waals surface area contributed by atoms with Crippen molar-refractivity contribution in [1.29, 1.82) is 0 Å². The number of imidazole rings is 1. The predicted octanol–water partition coefficient (Wildman–Crippen LogP) is 3.26. The first kappa shape index (κ1) is 22.6. The van der Waals surface area contributed by atoms with Crippen molar-refractivity contribution in [1.82, 2.24) is 24.3 Å². The van der Waals surface area contributed by atoms with E-state index in [1.165, 1.54) is 0 Å². The Labute approximate surface area is 200 Å². The van der Waals surface area contributed by atoms with E-state index in [9.17, 15) is 4.79 Å². The minimum atomic E-state index is -0.0271. The van der Waals surface area contributed by atoms with E-state index < -0.39 is 0 Å². The Morgan fingerprint density at radius 2 is 1.94 bits per heavy atom. The van der Waals surface area contributed by atoms with Crippen molar-refractivity contribution in [2.24, 2.45) is 0 Å². The van der Waals surface area contributed by atoms with Crippen LogP contribution in [0.2, 0.25) is 0 Å². The Morgan fingerprint density at radius 3 is 2.71 bits per heavy atom. The van der Waals surface area contributed by atoms with Crippen LogP contribution in [0, 0.1) is 6.92 Å². The third-order valence-corrected chi connectivity index (χ3v) is 6.56. The molecule has 8 nitrogen and oxygen atoms in total. The second-order valence-corrected chi connectivity index (χ2v) is 8.75. The largest absolute Gasteiger partial charge is 0.492 e. The van der Waals surface area contributed by atoms with Crippen LogP contribution in [0.25, 0.3) is 5.82 Å². The van der Waals surface area contributed by atoms with Crippen molar-refractivity contribution in [3.05, 3.63) is 71.9 Å². The molecule has 2 saturated heterocycles. The van der Waals surface area contributed by atoms with Crippen molar-refractivity contribution < 1.29 is 14.3 Å². The van der Waals surface area contributed by atoms with E-state index in [4.69, 9.17) is 14.5 Å². The Hall–Kier alpha value is -3.23. The van der Waals surface area contributed by atoms with E-state index in [1.54, 1.807) is 6.20 Å². The number of carbonyl (C=O) groups is 1. The van der Waals surface area contributed by atoms with Crippen LogP contribution in [0.5, 0.6) is 5.75 Å². The topological polar surface area (TPSA) is 72.7 Å². The summed E-state index contributed by atoms with van der Waals surface area (Å²) in [6.45, 7) is 7.67. The molecular formula is C26H31N5O3. The van der Waals surface area contributed by atoms with Crippen LogP contribution < -0.4 is 4.74 Å². The summed E-state index contributed by atoms with van der Waals surface area (Å²) in [7, 11) is 0. The summed E-state index contributed by atoms with van der Waals surface area (Å²) in [6.07, 6.45) is 5.55. The van der Waals surface area contributed by atoms with E-state index in [-0.39, 0.29) is 11.9 Å². The van der Waals surface area contributed by atoms with Crippen LogP contribution in [-0.2, 0) is 4.74 Å². The summed E-state index contributed by atoms with van der Waals surface area (Å²) in [5.41, 5.74) is 1.59. The Bertz CT molecular complexity index is 1110. The monoisotopic (exact) mass is 461 g/mol. The lowest BCUT2D eigenvalue weighted by Gasteiger charge is -2.26. The van der Waals surface area contributed by atoms with Gasteiger partial charge in [-0.25, -0.2) is 9.97 Å². The van der Waals surface area contributed by atoms with Gasteiger partial charge in [0.05, 0.1) is 24.9 Å². The number of carbonyl (C=O) groups excluding carboxylic acids is 1. The van der Waals surface area contributed by atoms with Crippen molar-refractivity contribution in [3.8, 4) is 11.6 Å². The van der Waals surface area contributed by atoms with E-state index in [2.05, 4.69) is 9.88 Å². The molecule has 8 heteroatoms. The number of ether oxygens (including phenoxy) is 2. The number of morpholine rings is 1. The Balaban J connectivity index is 1.23. The van der Waals surface area contributed by atoms with Crippen molar-refractivity contribution in [2.75, 3.05) is 46.0 Å². The molecule has 0 bridgehead atoms. The lowest BCUT2D eigenvalue weighted by molar-refractivity contribution is 0.0322. The first-order chi connectivity index (χ1) is 16.7. The van der Waals surface area contributed by atoms with Crippen LogP contribution in [0.15, 0.2) is 54.9 Å². The summed E-state index contributed by atoms with van der Waals surface area (Å²) in [5, 5.41) is 0. The fraction of sp³-hybridized carbons (Fsp3) is 0.423. The highest BCUT2D eigenvalue weighted by Crippen LogP contribution is 2.32. The van der Waals surface area contributed by atoms with Crippen molar-refractivity contribution in [2.45, 2.75) is 25.8 Å². The van der Waals surface area contributed by atoms with Gasteiger partial charge in [-0.1, -0.05) is 6.07 Å². The molecule has 2 aromatic heterocycles. The Kier molecular flexibility index (Phi) is 6.87. The molecular weight excluding hydrogens is 430 g/mol. The zero-order chi connectivity index (χ0) is 23.3. The number of likely N-dealkylation sites (tertiary alicyclic amines) is 1. The van der Waals surface area contributed by atoms with Gasteiger partial charge < -0.3 is 14.4 Å². The second-order valence-electron chi connectivity index (χ2n) is 8.75. The lowest BCUT2D eigenvalue weighted by atomic mass is 10.1. The average molecular weight is 462 g/mol.